The highest BCUT2D eigenvalue weighted by Gasteiger charge is 2.29. The monoisotopic (exact) mass is 235 g/mol. The number of hydrogen-bond donors (Lipinski definition) is 2. The number of sulfonamides is 1. The molecule has 6 nitrogen and oxygen atoms in total. The summed E-state index contributed by atoms with van der Waals surface area (Å²) in [7, 11) is -3.34. The number of rotatable bonds is 3. The first-order valence-electron chi connectivity index (χ1n) is 4.94. The third kappa shape index (κ3) is 2.90. The number of nitrogens with one attached hydrogen (secondary N) is 1. The van der Waals surface area contributed by atoms with Crippen LogP contribution in [-0.2, 0) is 14.8 Å². The molecule has 1 aliphatic rings. The van der Waals surface area contributed by atoms with Crippen LogP contribution in [0.25, 0.3) is 0 Å². The average molecular weight is 235 g/mol. The normalized spacial score (nSPS) is 21.9. The Morgan fingerprint density at radius 1 is 1.53 bits per heavy atom. The summed E-state index contributed by atoms with van der Waals surface area (Å²) in [5.41, 5.74) is 5.34. The quantitative estimate of drug-likeness (QED) is 0.621. The van der Waals surface area contributed by atoms with Gasteiger partial charge in [-0.3, -0.25) is 4.79 Å². The van der Waals surface area contributed by atoms with Crippen molar-refractivity contribution in [2.45, 2.75) is 18.6 Å². The van der Waals surface area contributed by atoms with E-state index >= 15 is 0 Å². The van der Waals surface area contributed by atoms with Crippen LogP contribution in [0.15, 0.2) is 0 Å². The maximum absolute atomic E-state index is 11.9. The Bertz CT molecular complexity index is 328. The van der Waals surface area contributed by atoms with Crippen LogP contribution in [0.2, 0.25) is 0 Å². The van der Waals surface area contributed by atoms with E-state index in [1.807, 2.05) is 0 Å². The fourth-order valence-corrected chi connectivity index (χ4v) is 2.82. The third-order valence-electron chi connectivity index (χ3n) is 2.47. The first-order chi connectivity index (χ1) is 6.98. The van der Waals surface area contributed by atoms with Gasteiger partial charge < -0.3 is 11.1 Å². The van der Waals surface area contributed by atoms with Gasteiger partial charge in [0, 0.05) is 32.6 Å². The Morgan fingerprint density at radius 3 is 2.80 bits per heavy atom. The van der Waals surface area contributed by atoms with Gasteiger partial charge in [0.25, 0.3) is 0 Å². The SMILES string of the molecule is CC(CN)S(=O)(=O)N1CCNC(=O)CC1. The molecule has 15 heavy (non-hydrogen) atoms. The Labute approximate surface area is 89.9 Å². The molecule has 0 aromatic heterocycles. The highest BCUT2D eigenvalue weighted by Crippen LogP contribution is 2.09. The Morgan fingerprint density at radius 2 is 2.20 bits per heavy atom. The smallest absolute Gasteiger partial charge is 0.221 e. The van der Waals surface area contributed by atoms with Gasteiger partial charge in [0.1, 0.15) is 0 Å². The topological polar surface area (TPSA) is 92.5 Å². The average Bonchev–Trinajstić information content (AvgIpc) is 2.41. The maximum Gasteiger partial charge on any atom is 0.221 e. The molecule has 0 spiro atoms. The molecule has 3 N–H and O–H groups in total. The van der Waals surface area contributed by atoms with E-state index in [4.69, 9.17) is 5.73 Å². The van der Waals surface area contributed by atoms with E-state index in [9.17, 15) is 13.2 Å². The van der Waals surface area contributed by atoms with Gasteiger partial charge >= 0.3 is 0 Å². The molecule has 0 saturated carbocycles. The molecule has 1 unspecified atom stereocenters. The van der Waals surface area contributed by atoms with Crippen LogP contribution in [0.3, 0.4) is 0 Å². The van der Waals surface area contributed by atoms with Gasteiger partial charge in [0.05, 0.1) is 5.25 Å². The summed E-state index contributed by atoms with van der Waals surface area (Å²) in [6.45, 7) is 2.63. The van der Waals surface area contributed by atoms with Crippen LogP contribution in [0.5, 0.6) is 0 Å². The number of hydrogen-bond acceptors (Lipinski definition) is 4. The number of carbonyl (C=O) groups excluding carboxylic acids is 1. The van der Waals surface area contributed by atoms with Gasteiger partial charge in [-0.15, -0.1) is 0 Å². The lowest BCUT2D eigenvalue weighted by Crippen LogP contribution is -2.42. The van der Waals surface area contributed by atoms with Crippen molar-refractivity contribution in [1.29, 1.82) is 0 Å². The maximum atomic E-state index is 11.9. The van der Waals surface area contributed by atoms with Crippen molar-refractivity contribution in [3.63, 3.8) is 0 Å². The second-order valence-corrected chi connectivity index (χ2v) is 5.94. The van der Waals surface area contributed by atoms with Gasteiger partial charge in [-0.2, -0.15) is 4.31 Å². The Hall–Kier alpha value is -0.660. The minimum absolute atomic E-state index is 0.0974. The van der Waals surface area contributed by atoms with E-state index in [2.05, 4.69) is 5.32 Å². The fraction of sp³-hybridized carbons (Fsp3) is 0.875. The lowest BCUT2D eigenvalue weighted by Gasteiger charge is -2.22. The van der Waals surface area contributed by atoms with Crippen molar-refractivity contribution >= 4 is 15.9 Å². The fourth-order valence-electron chi connectivity index (χ4n) is 1.38. The molecule has 1 aliphatic heterocycles. The number of nitrogens with two attached hydrogens (primary N) is 1. The molecule has 0 aromatic rings. The van der Waals surface area contributed by atoms with E-state index in [-0.39, 0.29) is 25.4 Å². The largest absolute Gasteiger partial charge is 0.355 e. The van der Waals surface area contributed by atoms with Crippen molar-refractivity contribution in [2.75, 3.05) is 26.2 Å². The summed E-state index contributed by atoms with van der Waals surface area (Å²) >= 11 is 0. The summed E-state index contributed by atoms with van der Waals surface area (Å²) in [6.07, 6.45) is 0.219. The molecule has 1 saturated heterocycles. The van der Waals surface area contributed by atoms with Crippen LogP contribution in [-0.4, -0.2) is 50.1 Å². The van der Waals surface area contributed by atoms with Gasteiger partial charge in [-0.25, -0.2) is 8.42 Å². The summed E-state index contributed by atoms with van der Waals surface area (Å²) in [5.74, 6) is -0.104. The van der Waals surface area contributed by atoms with Crippen LogP contribution >= 0.6 is 0 Å². The second-order valence-electron chi connectivity index (χ2n) is 3.59. The molecule has 0 aliphatic carbocycles. The first kappa shape index (κ1) is 12.4. The van der Waals surface area contributed by atoms with Crippen LogP contribution in [0.1, 0.15) is 13.3 Å². The summed E-state index contributed by atoms with van der Waals surface area (Å²) in [6, 6.07) is 0. The lowest BCUT2D eigenvalue weighted by atomic mass is 10.4. The minimum atomic E-state index is -3.34. The molecule has 1 rings (SSSR count). The van der Waals surface area contributed by atoms with Crippen LogP contribution in [0, 0.1) is 0 Å². The molecule has 0 bridgehead atoms. The van der Waals surface area contributed by atoms with Crippen molar-refractivity contribution < 1.29 is 13.2 Å². The van der Waals surface area contributed by atoms with Crippen molar-refractivity contribution in [1.82, 2.24) is 9.62 Å². The number of amides is 1. The summed E-state index contributed by atoms with van der Waals surface area (Å²) < 4.78 is 25.1. The second kappa shape index (κ2) is 4.91. The van der Waals surface area contributed by atoms with E-state index in [1.165, 1.54) is 4.31 Å². The summed E-state index contributed by atoms with van der Waals surface area (Å²) in [4.78, 5) is 11.0. The number of carbonyl (C=O) groups is 1. The van der Waals surface area contributed by atoms with Crippen molar-refractivity contribution in [2.24, 2.45) is 5.73 Å². The lowest BCUT2D eigenvalue weighted by molar-refractivity contribution is -0.120. The van der Waals surface area contributed by atoms with Crippen molar-refractivity contribution in [3.8, 4) is 0 Å². The van der Waals surface area contributed by atoms with Gasteiger partial charge in [0.15, 0.2) is 0 Å². The Balaban J connectivity index is 2.74. The van der Waals surface area contributed by atoms with E-state index in [0.717, 1.165) is 0 Å². The zero-order valence-electron chi connectivity index (χ0n) is 8.77. The predicted octanol–water partition coefficient (Wildman–Crippen LogP) is -1.51. The van der Waals surface area contributed by atoms with Crippen molar-refractivity contribution in [3.05, 3.63) is 0 Å². The van der Waals surface area contributed by atoms with Crippen LogP contribution in [0.4, 0.5) is 0 Å². The summed E-state index contributed by atoms with van der Waals surface area (Å²) in [5, 5.41) is 2.04. The molecule has 1 fully saturated rings. The van der Waals surface area contributed by atoms with Crippen LogP contribution < -0.4 is 11.1 Å². The molecule has 7 heteroatoms. The molecular weight excluding hydrogens is 218 g/mol. The van der Waals surface area contributed by atoms with Gasteiger partial charge in [-0.1, -0.05) is 0 Å². The van der Waals surface area contributed by atoms with E-state index in [0.29, 0.717) is 13.1 Å². The zero-order valence-corrected chi connectivity index (χ0v) is 9.59. The molecule has 1 amide bonds. The van der Waals surface area contributed by atoms with E-state index in [1.54, 1.807) is 6.92 Å². The molecule has 0 radical (unpaired) electrons. The third-order valence-corrected chi connectivity index (χ3v) is 4.77. The van der Waals surface area contributed by atoms with E-state index < -0.39 is 15.3 Å². The predicted molar refractivity (Wildman–Crippen MR) is 56.6 cm³/mol. The molecule has 88 valence electrons. The molecular formula is C8H17N3O3S. The number of nitrogens with zero attached hydrogens (tertiary/aromatic N) is 1. The standard InChI is InChI=1S/C8H17N3O3S/c1-7(6-9)15(13,14)11-4-2-8(12)10-3-5-11/h7H,2-6,9H2,1H3,(H,10,12). The highest BCUT2D eigenvalue weighted by atomic mass is 32.2. The molecule has 0 aromatic carbocycles. The molecule has 1 atom stereocenters. The zero-order chi connectivity index (χ0) is 11.5. The first-order valence-corrected chi connectivity index (χ1v) is 6.44. The van der Waals surface area contributed by atoms with Gasteiger partial charge in [-0.05, 0) is 6.92 Å². The molecule has 1 heterocycles. The Kier molecular flexibility index (Phi) is 4.06. The highest BCUT2D eigenvalue weighted by molar-refractivity contribution is 7.89. The minimum Gasteiger partial charge on any atom is -0.355 e. The van der Waals surface area contributed by atoms with Gasteiger partial charge in [0.2, 0.25) is 15.9 Å².